The fraction of sp³-hybridized carbons (Fsp3) is 0.0625. The molecule has 2 aromatic carbocycles. The Hall–Kier alpha value is -1.65. The van der Waals surface area contributed by atoms with E-state index in [1.54, 1.807) is 23.5 Å². The first-order valence-corrected chi connectivity index (χ1v) is 7.86. The van der Waals surface area contributed by atoms with Crippen molar-refractivity contribution in [2.45, 2.75) is 6.42 Å². The minimum absolute atomic E-state index is 0.0766. The second-order valence-corrected chi connectivity index (χ2v) is 6.36. The Bertz CT molecular complexity index is 794. The fourth-order valence-corrected chi connectivity index (χ4v) is 3.62. The number of hydrogen-bond donors (Lipinski definition) is 1. The first kappa shape index (κ1) is 13.3. The third kappa shape index (κ3) is 2.49. The summed E-state index contributed by atoms with van der Waals surface area (Å²) in [6.07, 6.45) is 0.395. The predicted molar refractivity (Wildman–Crippen MR) is 88.4 cm³/mol. The summed E-state index contributed by atoms with van der Waals surface area (Å²) in [6, 6.07) is 13.5. The highest BCUT2D eigenvalue weighted by Gasteiger charge is 2.13. The van der Waals surface area contributed by atoms with Crippen LogP contribution in [0.4, 0.5) is 5.69 Å². The quantitative estimate of drug-likeness (QED) is 0.553. The van der Waals surface area contributed by atoms with Gasteiger partial charge < -0.3 is 5.73 Å². The van der Waals surface area contributed by atoms with Crippen LogP contribution in [0, 0.1) is 0 Å². The maximum Gasteiger partial charge on any atom is 0.168 e. The highest BCUT2D eigenvalue weighted by molar-refractivity contribution is 9.10. The zero-order valence-corrected chi connectivity index (χ0v) is 13.0. The Morgan fingerprint density at radius 1 is 1.20 bits per heavy atom. The van der Waals surface area contributed by atoms with Crippen LogP contribution in [0.5, 0.6) is 0 Å². The lowest BCUT2D eigenvalue weighted by molar-refractivity contribution is 0.0992. The van der Waals surface area contributed by atoms with E-state index in [9.17, 15) is 4.79 Å². The van der Waals surface area contributed by atoms with Gasteiger partial charge in [0, 0.05) is 26.8 Å². The van der Waals surface area contributed by atoms with Crippen molar-refractivity contribution in [2.24, 2.45) is 0 Å². The third-order valence-electron chi connectivity index (χ3n) is 3.20. The van der Waals surface area contributed by atoms with E-state index in [1.807, 2.05) is 18.2 Å². The molecule has 0 radical (unpaired) electrons. The lowest BCUT2D eigenvalue weighted by Crippen LogP contribution is -2.05. The first-order valence-electron chi connectivity index (χ1n) is 6.18. The number of fused-ring (bicyclic) bond motifs is 1. The van der Waals surface area contributed by atoms with Crippen LogP contribution < -0.4 is 5.73 Å². The molecule has 0 bridgehead atoms. The van der Waals surface area contributed by atoms with E-state index in [1.165, 1.54) is 4.70 Å². The van der Waals surface area contributed by atoms with Crippen LogP contribution in [-0.4, -0.2) is 5.78 Å². The standard InChI is InChI=1S/C16H12BrNOS/c17-14-6-5-11(18)8-13(14)15(19)7-10-9-20-16-4-2-1-3-12(10)16/h1-6,8-9H,7,18H2. The molecule has 0 atom stereocenters. The molecule has 0 saturated heterocycles. The smallest absolute Gasteiger partial charge is 0.168 e. The number of Topliss-reactive ketones (excluding diaryl/α,β-unsaturated/α-hetero) is 1. The molecule has 0 saturated carbocycles. The Balaban J connectivity index is 1.94. The number of anilines is 1. The van der Waals surface area contributed by atoms with Gasteiger partial charge in [0.15, 0.2) is 5.78 Å². The number of halogens is 1. The monoisotopic (exact) mass is 345 g/mol. The molecule has 0 fully saturated rings. The first-order chi connectivity index (χ1) is 9.65. The largest absolute Gasteiger partial charge is 0.399 e. The van der Waals surface area contributed by atoms with Gasteiger partial charge in [-0.3, -0.25) is 4.79 Å². The minimum atomic E-state index is 0.0766. The molecule has 0 aliphatic rings. The molecule has 2 nitrogen and oxygen atoms in total. The van der Waals surface area contributed by atoms with Crippen LogP contribution in [0.15, 0.2) is 52.3 Å². The van der Waals surface area contributed by atoms with E-state index in [0.29, 0.717) is 17.7 Å². The number of benzene rings is 2. The maximum atomic E-state index is 12.4. The second-order valence-electron chi connectivity index (χ2n) is 4.60. The number of carbonyl (C=O) groups is 1. The van der Waals surface area contributed by atoms with Crippen molar-refractivity contribution in [1.82, 2.24) is 0 Å². The van der Waals surface area contributed by atoms with E-state index in [4.69, 9.17) is 5.73 Å². The zero-order valence-electron chi connectivity index (χ0n) is 10.6. The highest BCUT2D eigenvalue weighted by Crippen LogP contribution is 2.28. The molecule has 2 N–H and O–H groups in total. The lowest BCUT2D eigenvalue weighted by atomic mass is 10.0. The number of nitrogens with two attached hydrogens (primary N) is 1. The van der Waals surface area contributed by atoms with Crippen LogP contribution in [0.1, 0.15) is 15.9 Å². The summed E-state index contributed by atoms with van der Waals surface area (Å²) in [7, 11) is 0. The summed E-state index contributed by atoms with van der Waals surface area (Å²) >= 11 is 5.08. The van der Waals surface area contributed by atoms with Gasteiger partial charge >= 0.3 is 0 Å². The number of carbonyl (C=O) groups excluding carboxylic acids is 1. The lowest BCUT2D eigenvalue weighted by Gasteiger charge is -2.05. The van der Waals surface area contributed by atoms with Crippen LogP contribution in [0.3, 0.4) is 0 Å². The number of ketones is 1. The summed E-state index contributed by atoms with van der Waals surface area (Å²) in [6.45, 7) is 0. The second kappa shape index (κ2) is 5.38. The minimum Gasteiger partial charge on any atom is -0.399 e. The van der Waals surface area contributed by atoms with Crippen molar-refractivity contribution in [3.05, 3.63) is 63.4 Å². The van der Waals surface area contributed by atoms with Gasteiger partial charge in [0.25, 0.3) is 0 Å². The Labute approximate surface area is 129 Å². The van der Waals surface area contributed by atoms with Crippen molar-refractivity contribution in [3.8, 4) is 0 Å². The number of hydrogen-bond acceptors (Lipinski definition) is 3. The summed E-state index contributed by atoms with van der Waals surface area (Å²) in [5.41, 5.74) is 8.07. The molecule has 3 aromatic rings. The molecule has 20 heavy (non-hydrogen) atoms. The van der Waals surface area contributed by atoms with Gasteiger partial charge in [0.1, 0.15) is 0 Å². The van der Waals surface area contributed by atoms with E-state index < -0.39 is 0 Å². The molecule has 3 rings (SSSR count). The molecule has 0 unspecified atom stereocenters. The normalized spacial score (nSPS) is 10.8. The van der Waals surface area contributed by atoms with Crippen molar-refractivity contribution in [3.63, 3.8) is 0 Å². The summed E-state index contributed by atoms with van der Waals surface area (Å²) in [5.74, 6) is 0.0766. The predicted octanol–water partition coefficient (Wildman–Crippen LogP) is 4.67. The molecule has 0 aliphatic carbocycles. The Morgan fingerprint density at radius 3 is 2.85 bits per heavy atom. The molecule has 0 amide bonds. The average Bonchev–Trinajstić information content (AvgIpc) is 2.85. The molecule has 1 heterocycles. The summed E-state index contributed by atoms with van der Waals surface area (Å²) in [5, 5.41) is 3.22. The van der Waals surface area contributed by atoms with Crippen LogP contribution in [0.2, 0.25) is 0 Å². The molecule has 1 aromatic heterocycles. The maximum absolute atomic E-state index is 12.4. The Morgan fingerprint density at radius 2 is 2.00 bits per heavy atom. The van der Waals surface area contributed by atoms with Crippen molar-refractivity contribution in [1.29, 1.82) is 0 Å². The van der Waals surface area contributed by atoms with Crippen LogP contribution in [-0.2, 0) is 6.42 Å². The molecule has 0 aliphatic heterocycles. The van der Waals surface area contributed by atoms with Crippen molar-refractivity contribution < 1.29 is 4.79 Å². The van der Waals surface area contributed by atoms with Gasteiger partial charge in [-0.05, 0) is 40.6 Å². The Kier molecular flexibility index (Phi) is 3.59. The summed E-state index contributed by atoms with van der Waals surface area (Å²) in [4.78, 5) is 12.4. The van der Waals surface area contributed by atoms with Gasteiger partial charge in [-0.1, -0.05) is 34.1 Å². The average molecular weight is 346 g/mol. The molecular formula is C16H12BrNOS. The number of nitrogen functional groups attached to an aromatic ring is 1. The zero-order chi connectivity index (χ0) is 14.1. The van der Waals surface area contributed by atoms with Crippen molar-refractivity contribution >= 4 is 48.8 Å². The third-order valence-corrected chi connectivity index (χ3v) is 4.91. The van der Waals surface area contributed by atoms with Gasteiger partial charge in [0.2, 0.25) is 0 Å². The number of thiophene rings is 1. The molecule has 0 spiro atoms. The van der Waals surface area contributed by atoms with Crippen LogP contribution >= 0.6 is 27.3 Å². The van der Waals surface area contributed by atoms with Crippen molar-refractivity contribution in [2.75, 3.05) is 5.73 Å². The van der Waals surface area contributed by atoms with Gasteiger partial charge in [-0.25, -0.2) is 0 Å². The molecular weight excluding hydrogens is 334 g/mol. The van der Waals surface area contributed by atoms with E-state index in [-0.39, 0.29) is 5.78 Å². The molecule has 4 heteroatoms. The number of rotatable bonds is 3. The van der Waals surface area contributed by atoms with Gasteiger partial charge in [-0.2, -0.15) is 0 Å². The topological polar surface area (TPSA) is 43.1 Å². The van der Waals surface area contributed by atoms with Crippen LogP contribution in [0.25, 0.3) is 10.1 Å². The highest BCUT2D eigenvalue weighted by atomic mass is 79.9. The van der Waals surface area contributed by atoms with Gasteiger partial charge in [0.05, 0.1) is 0 Å². The molecule has 100 valence electrons. The van der Waals surface area contributed by atoms with E-state index >= 15 is 0 Å². The summed E-state index contributed by atoms with van der Waals surface area (Å²) < 4.78 is 2.00. The van der Waals surface area contributed by atoms with Gasteiger partial charge in [-0.15, -0.1) is 11.3 Å². The van der Waals surface area contributed by atoms with E-state index in [2.05, 4.69) is 33.4 Å². The SMILES string of the molecule is Nc1ccc(Br)c(C(=O)Cc2csc3ccccc23)c1. The fourth-order valence-electron chi connectivity index (χ4n) is 2.19. The van der Waals surface area contributed by atoms with E-state index in [0.717, 1.165) is 15.4 Å².